The molecule has 2 aliphatic rings. The van der Waals surface area contributed by atoms with Crippen molar-refractivity contribution in [2.75, 3.05) is 50.0 Å². The molecule has 2 fully saturated rings. The third-order valence-corrected chi connectivity index (χ3v) is 8.10. The number of benzene rings is 1. The van der Waals surface area contributed by atoms with Gasteiger partial charge in [0.1, 0.15) is 11.2 Å². The van der Waals surface area contributed by atoms with E-state index >= 15 is 0 Å². The molecule has 2 aromatic heterocycles. The van der Waals surface area contributed by atoms with Crippen LogP contribution in [0.1, 0.15) is 6.42 Å². The second-order valence-electron chi connectivity index (χ2n) is 9.57. The minimum Gasteiger partial charge on any atom is -0.475 e. The molecule has 0 saturated carbocycles. The van der Waals surface area contributed by atoms with Crippen molar-refractivity contribution >= 4 is 50.3 Å². The Morgan fingerprint density at radius 1 is 1.00 bits per heavy atom. The van der Waals surface area contributed by atoms with E-state index in [0.29, 0.717) is 54.7 Å². The summed E-state index contributed by atoms with van der Waals surface area (Å²) in [4.78, 5) is 42.2. The van der Waals surface area contributed by atoms with Crippen LogP contribution in [0.4, 0.5) is 43.8 Å². The van der Waals surface area contributed by atoms with Crippen LogP contribution in [0.3, 0.4) is 0 Å². The van der Waals surface area contributed by atoms with Crippen molar-refractivity contribution in [1.29, 1.82) is 0 Å². The van der Waals surface area contributed by atoms with Crippen LogP contribution < -0.4 is 21.5 Å². The highest BCUT2D eigenvalue weighted by Crippen LogP contribution is 2.26. The van der Waals surface area contributed by atoms with Gasteiger partial charge < -0.3 is 35.9 Å². The Kier molecular flexibility index (Phi) is 12.1. The molecule has 0 radical (unpaired) electrons. The van der Waals surface area contributed by atoms with Crippen LogP contribution in [-0.4, -0.2) is 108 Å². The van der Waals surface area contributed by atoms with Gasteiger partial charge in [-0.15, -0.1) is 0 Å². The lowest BCUT2D eigenvalue weighted by atomic mass is 10.2. The third-order valence-electron chi connectivity index (χ3n) is 6.20. The number of aliphatic carboxylic acids is 2. The predicted molar refractivity (Wildman–Crippen MR) is 152 cm³/mol. The van der Waals surface area contributed by atoms with Crippen molar-refractivity contribution in [2.24, 2.45) is 0 Å². The third kappa shape index (κ3) is 10.5. The fraction of sp³-hybridized carbons (Fsp3) is 0.400. The zero-order valence-corrected chi connectivity index (χ0v) is 24.7. The second-order valence-corrected chi connectivity index (χ2v) is 11.5. The van der Waals surface area contributed by atoms with Crippen LogP contribution in [-0.2, 0) is 24.3 Å². The van der Waals surface area contributed by atoms with Crippen molar-refractivity contribution in [3.63, 3.8) is 0 Å². The van der Waals surface area contributed by atoms with Gasteiger partial charge in [-0.25, -0.2) is 23.0 Å². The van der Waals surface area contributed by atoms with Gasteiger partial charge in [0, 0.05) is 37.6 Å². The summed E-state index contributed by atoms with van der Waals surface area (Å²) in [6.45, 7) is 3.10. The van der Waals surface area contributed by atoms with Crippen molar-refractivity contribution in [1.82, 2.24) is 24.6 Å². The number of fused-ring (bicyclic) bond motifs is 1. The Morgan fingerprint density at radius 2 is 1.62 bits per heavy atom. The van der Waals surface area contributed by atoms with Gasteiger partial charge in [-0.1, -0.05) is 6.07 Å². The summed E-state index contributed by atoms with van der Waals surface area (Å²) in [6.07, 6.45) is -7.68. The number of hydrogen-bond acceptors (Lipinski definition) is 11. The molecular formula is C25H27F6N7O8S. The molecule has 0 unspecified atom stereocenters. The smallest absolute Gasteiger partial charge is 0.475 e. The summed E-state index contributed by atoms with van der Waals surface area (Å²) in [6, 6.07) is 8.40. The highest BCUT2D eigenvalue weighted by Gasteiger charge is 2.39. The van der Waals surface area contributed by atoms with E-state index in [4.69, 9.17) is 24.5 Å². The molecule has 1 atom stereocenters. The molecule has 0 aliphatic carbocycles. The summed E-state index contributed by atoms with van der Waals surface area (Å²) in [5.41, 5.74) is 0.657. The summed E-state index contributed by atoms with van der Waals surface area (Å²) in [7, 11) is -3.66. The number of aromatic amines is 1. The molecule has 6 N–H and O–H groups in total. The van der Waals surface area contributed by atoms with E-state index in [9.17, 15) is 39.6 Å². The normalized spacial score (nSPS) is 17.1. The highest BCUT2D eigenvalue weighted by atomic mass is 32.2. The maximum Gasteiger partial charge on any atom is 0.490 e. The summed E-state index contributed by atoms with van der Waals surface area (Å²) >= 11 is 0. The number of anilines is 3. The lowest BCUT2D eigenvalue weighted by Crippen LogP contribution is -2.40. The van der Waals surface area contributed by atoms with Crippen molar-refractivity contribution in [2.45, 2.75) is 29.7 Å². The average Bonchev–Trinajstić information content (AvgIpc) is 3.50. The number of alkyl halides is 6. The minimum atomic E-state index is -5.08. The maximum atomic E-state index is 13.1. The number of aromatic nitrogens is 3. The number of rotatable bonds is 6. The van der Waals surface area contributed by atoms with Crippen LogP contribution >= 0.6 is 0 Å². The molecule has 47 heavy (non-hydrogen) atoms. The van der Waals surface area contributed by atoms with Crippen LogP contribution in [0.25, 0.3) is 10.9 Å². The summed E-state index contributed by atoms with van der Waals surface area (Å²) in [5, 5.41) is 24.3. The van der Waals surface area contributed by atoms with E-state index in [1.165, 1.54) is 10.5 Å². The number of halogens is 6. The van der Waals surface area contributed by atoms with Crippen LogP contribution in [0.5, 0.6) is 0 Å². The number of morpholine rings is 1. The summed E-state index contributed by atoms with van der Waals surface area (Å²) in [5.74, 6) is -4.81. The molecule has 15 nitrogen and oxygen atoms in total. The molecule has 258 valence electrons. The van der Waals surface area contributed by atoms with Crippen molar-refractivity contribution in [3.05, 3.63) is 46.9 Å². The predicted octanol–water partition coefficient (Wildman–Crippen LogP) is 2.12. The number of pyridine rings is 1. The Bertz CT molecular complexity index is 1700. The fourth-order valence-electron chi connectivity index (χ4n) is 4.01. The maximum absolute atomic E-state index is 13.1. The molecule has 1 aromatic carbocycles. The Balaban J connectivity index is 0.000000360. The van der Waals surface area contributed by atoms with E-state index in [1.807, 2.05) is 0 Å². The lowest BCUT2D eigenvalue weighted by molar-refractivity contribution is -0.193. The monoisotopic (exact) mass is 699 g/mol. The highest BCUT2D eigenvalue weighted by molar-refractivity contribution is 7.89. The molecule has 5 rings (SSSR count). The van der Waals surface area contributed by atoms with E-state index < -0.39 is 34.3 Å². The SMILES string of the molecule is O=C(O)C(F)(F)F.O=C(O)C(F)(F)F.O=c1[nH]ccc2nc(N[C@@H]3CCNC3)nc(Nc3cccc(S(=O)(=O)N4CCOCC4)c3)c12. The van der Waals surface area contributed by atoms with Gasteiger partial charge in [0.15, 0.2) is 0 Å². The fourth-order valence-corrected chi connectivity index (χ4v) is 5.47. The minimum absolute atomic E-state index is 0.164. The molecule has 2 saturated heterocycles. The molecule has 2 aliphatic heterocycles. The Hall–Kier alpha value is -4.54. The van der Waals surface area contributed by atoms with Gasteiger partial charge in [-0.05, 0) is 37.2 Å². The Labute approximate surface area is 261 Å². The van der Waals surface area contributed by atoms with E-state index in [-0.39, 0.29) is 16.5 Å². The van der Waals surface area contributed by atoms with Crippen LogP contribution in [0, 0.1) is 0 Å². The zero-order valence-electron chi connectivity index (χ0n) is 23.9. The number of H-pyrrole nitrogens is 1. The number of sulfonamides is 1. The molecule has 4 heterocycles. The molecule has 0 spiro atoms. The van der Waals surface area contributed by atoms with Gasteiger partial charge in [-0.2, -0.15) is 35.6 Å². The standard InChI is InChI=1S/C21H25N7O4S.2C2HF3O2/c29-20-18-17(5-7-23-20)26-21(25-15-4-6-22-13-15)27-19(18)24-14-2-1-3-16(12-14)33(30,31)28-8-10-32-11-9-28;2*3-2(4,5)1(6)7/h1-3,5,7,12,15,22H,4,6,8-11,13H2,(H,23,29)(H2,24,25,26,27);2*(H,6,7)/t15-;;/m1../s1. The number of carboxylic acid groups (broad SMARTS) is 2. The number of nitrogens with one attached hydrogen (secondary N) is 4. The van der Waals surface area contributed by atoms with Gasteiger partial charge in [0.05, 0.1) is 23.6 Å². The zero-order chi connectivity index (χ0) is 35.0. The Morgan fingerprint density at radius 3 is 2.17 bits per heavy atom. The van der Waals surface area contributed by atoms with Crippen LogP contribution in [0.2, 0.25) is 0 Å². The quantitative estimate of drug-likeness (QED) is 0.204. The number of carboxylic acids is 2. The van der Waals surface area contributed by atoms with Crippen molar-refractivity contribution < 1.29 is 59.3 Å². The van der Waals surface area contributed by atoms with E-state index in [2.05, 4.69) is 30.9 Å². The lowest BCUT2D eigenvalue weighted by Gasteiger charge is -2.26. The largest absolute Gasteiger partial charge is 0.490 e. The average molecular weight is 700 g/mol. The van der Waals surface area contributed by atoms with Crippen LogP contribution in [0.15, 0.2) is 46.2 Å². The molecular weight excluding hydrogens is 672 g/mol. The van der Waals surface area contributed by atoms with E-state index in [0.717, 1.165) is 19.5 Å². The molecule has 22 heteroatoms. The van der Waals surface area contributed by atoms with Gasteiger partial charge in [0.2, 0.25) is 16.0 Å². The van der Waals surface area contributed by atoms with Crippen molar-refractivity contribution in [3.8, 4) is 0 Å². The topological polar surface area (TPSA) is 216 Å². The first-order valence-electron chi connectivity index (χ1n) is 13.3. The van der Waals surface area contributed by atoms with Gasteiger partial charge in [-0.3, -0.25) is 4.79 Å². The van der Waals surface area contributed by atoms with Gasteiger partial charge >= 0.3 is 24.3 Å². The number of carbonyl (C=O) groups is 2. The molecule has 0 amide bonds. The first-order valence-corrected chi connectivity index (χ1v) is 14.8. The number of ether oxygens (including phenoxy) is 1. The van der Waals surface area contributed by atoms with E-state index in [1.54, 1.807) is 30.3 Å². The molecule has 3 aromatic rings. The number of nitrogens with zero attached hydrogens (tertiary/aromatic N) is 3. The number of hydrogen-bond donors (Lipinski definition) is 6. The molecule has 0 bridgehead atoms. The first kappa shape index (κ1) is 36.9. The second kappa shape index (κ2) is 15.4. The first-order chi connectivity index (χ1) is 21.9. The van der Waals surface area contributed by atoms with Gasteiger partial charge in [0.25, 0.3) is 5.56 Å². The summed E-state index contributed by atoms with van der Waals surface area (Å²) < 4.78 is 96.3.